The largest absolute Gasteiger partial charge is 0.493 e. The van der Waals surface area contributed by atoms with Gasteiger partial charge in [-0.3, -0.25) is 0 Å². The van der Waals surface area contributed by atoms with Crippen molar-refractivity contribution in [3.63, 3.8) is 0 Å². The highest BCUT2D eigenvalue weighted by molar-refractivity contribution is 5.55. The van der Waals surface area contributed by atoms with Crippen LogP contribution >= 0.6 is 0 Å². The lowest BCUT2D eigenvalue weighted by atomic mass is 9.98. The lowest BCUT2D eigenvalue weighted by Crippen LogP contribution is -2.07. The van der Waals surface area contributed by atoms with Crippen LogP contribution in [-0.4, -0.2) is 18.8 Å². The van der Waals surface area contributed by atoms with E-state index in [1.165, 1.54) is 0 Å². The van der Waals surface area contributed by atoms with Gasteiger partial charge in [-0.25, -0.2) is 0 Å². The highest BCUT2D eigenvalue weighted by Gasteiger charge is 2.45. The third-order valence-corrected chi connectivity index (χ3v) is 3.27. The van der Waals surface area contributed by atoms with Crippen LogP contribution in [0.2, 0.25) is 0 Å². The quantitative estimate of drug-likeness (QED) is 0.799. The molecule has 0 spiro atoms. The van der Waals surface area contributed by atoms with Crippen molar-refractivity contribution in [1.82, 2.24) is 0 Å². The van der Waals surface area contributed by atoms with Crippen molar-refractivity contribution in [2.75, 3.05) is 13.7 Å². The number of hydrogen-bond donors (Lipinski definition) is 1. The number of benzene rings is 1. The Morgan fingerprint density at radius 2 is 2.20 bits per heavy atom. The Balaban J connectivity index is 2.14. The Kier molecular flexibility index (Phi) is 1.74. The molecule has 0 amide bonds. The van der Waals surface area contributed by atoms with Crippen molar-refractivity contribution in [2.24, 2.45) is 0 Å². The van der Waals surface area contributed by atoms with Gasteiger partial charge in [-0.05, 0) is 24.5 Å². The smallest absolute Gasteiger partial charge is 0.164 e. The Hall–Kier alpha value is -1.22. The molecule has 3 rings (SSSR count). The van der Waals surface area contributed by atoms with Crippen LogP contribution < -0.4 is 9.47 Å². The molecule has 1 aliphatic carbocycles. The number of methoxy groups -OCH3 is 1. The average molecular weight is 206 g/mol. The Labute approximate surface area is 88.6 Å². The van der Waals surface area contributed by atoms with Gasteiger partial charge in [0.2, 0.25) is 0 Å². The number of hydrogen-bond acceptors (Lipinski definition) is 3. The first kappa shape index (κ1) is 9.04. The fraction of sp³-hybridized carbons (Fsp3) is 0.500. The molecule has 1 saturated carbocycles. The fourth-order valence-corrected chi connectivity index (χ4v) is 2.25. The molecule has 0 aromatic heterocycles. The molecule has 1 aliphatic heterocycles. The van der Waals surface area contributed by atoms with Gasteiger partial charge in [-0.2, -0.15) is 0 Å². The third kappa shape index (κ3) is 1.23. The molecule has 1 aromatic carbocycles. The molecule has 0 radical (unpaired) electrons. The van der Waals surface area contributed by atoms with Crippen molar-refractivity contribution < 1.29 is 14.6 Å². The van der Waals surface area contributed by atoms with Gasteiger partial charge in [-0.15, -0.1) is 0 Å². The van der Waals surface area contributed by atoms with Gasteiger partial charge in [0.25, 0.3) is 0 Å². The van der Waals surface area contributed by atoms with Gasteiger partial charge in [0.15, 0.2) is 11.5 Å². The van der Waals surface area contributed by atoms with Crippen LogP contribution in [0.1, 0.15) is 24.0 Å². The summed E-state index contributed by atoms with van der Waals surface area (Å²) in [7, 11) is 1.64. The van der Waals surface area contributed by atoms with E-state index < -0.39 is 5.60 Å². The number of rotatable bonds is 2. The molecule has 1 aromatic rings. The fourth-order valence-electron chi connectivity index (χ4n) is 2.25. The first-order chi connectivity index (χ1) is 7.24. The van der Waals surface area contributed by atoms with E-state index >= 15 is 0 Å². The van der Waals surface area contributed by atoms with Gasteiger partial charge in [0, 0.05) is 12.0 Å². The molecule has 1 N–H and O–H groups in total. The minimum atomic E-state index is -0.579. The normalized spacial score (nSPS) is 20.7. The van der Waals surface area contributed by atoms with Crippen molar-refractivity contribution in [2.45, 2.75) is 24.9 Å². The summed E-state index contributed by atoms with van der Waals surface area (Å²) in [6.45, 7) is 0.693. The van der Waals surface area contributed by atoms with E-state index in [1.807, 2.05) is 12.1 Å². The van der Waals surface area contributed by atoms with E-state index in [9.17, 15) is 5.11 Å². The summed E-state index contributed by atoms with van der Waals surface area (Å²) in [5, 5.41) is 10.1. The molecule has 1 heterocycles. The predicted molar refractivity (Wildman–Crippen MR) is 55.3 cm³/mol. The van der Waals surface area contributed by atoms with E-state index in [1.54, 1.807) is 7.11 Å². The van der Waals surface area contributed by atoms with Gasteiger partial charge in [-0.1, -0.05) is 6.07 Å². The highest BCUT2D eigenvalue weighted by atomic mass is 16.5. The zero-order valence-corrected chi connectivity index (χ0v) is 8.75. The van der Waals surface area contributed by atoms with Crippen molar-refractivity contribution in [1.29, 1.82) is 0 Å². The predicted octanol–water partition coefficient (Wildman–Crippen LogP) is 1.61. The maximum atomic E-state index is 10.1. The number of aliphatic hydroxyl groups is 1. The minimum Gasteiger partial charge on any atom is -0.493 e. The minimum absolute atomic E-state index is 0.579. The third-order valence-electron chi connectivity index (χ3n) is 3.27. The zero-order valence-electron chi connectivity index (χ0n) is 8.75. The second-order valence-corrected chi connectivity index (χ2v) is 4.25. The van der Waals surface area contributed by atoms with Gasteiger partial charge in [0.1, 0.15) is 0 Å². The SMILES string of the molecule is COc1ccc(C2(O)CC2)c2c1OCC2. The molecule has 1 fully saturated rings. The summed E-state index contributed by atoms with van der Waals surface area (Å²) in [4.78, 5) is 0. The first-order valence-corrected chi connectivity index (χ1v) is 5.30. The van der Waals surface area contributed by atoms with Crippen LogP contribution in [0.25, 0.3) is 0 Å². The van der Waals surface area contributed by atoms with Crippen molar-refractivity contribution in [3.8, 4) is 11.5 Å². The summed E-state index contributed by atoms with van der Waals surface area (Å²) in [6, 6.07) is 3.86. The zero-order chi connectivity index (χ0) is 10.5. The molecule has 0 atom stereocenters. The molecule has 15 heavy (non-hydrogen) atoms. The van der Waals surface area contributed by atoms with E-state index in [4.69, 9.17) is 9.47 Å². The van der Waals surface area contributed by atoms with Crippen molar-refractivity contribution in [3.05, 3.63) is 23.3 Å². The summed E-state index contributed by atoms with van der Waals surface area (Å²) in [5.74, 6) is 1.60. The molecular formula is C12H14O3. The van der Waals surface area contributed by atoms with E-state index in [2.05, 4.69) is 0 Å². The lowest BCUT2D eigenvalue weighted by molar-refractivity contribution is 0.150. The van der Waals surface area contributed by atoms with Crippen LogP contribution in [-0.2, 0) is 12.0 Å². The molecule has 0 unspecified atom stereocenters. The Bertz CT molecular complexity index is 408. The Morgan fingerprint density at radius 1 is 1.40 bits per heavy atom. The monoisotopic (exact) mass is 206 g/mol. The molecule has 3 nitrogen and oxygen atoms in total. The second-order valence-electron chi connectivity index (χ2n) is 4.25. The number of ether oxygens (including phenoxy) is 2. The van der Waals surface area contributed by atoms with E-state index in [0.717, 1.165) is 41.9 Å². The standard InChI is InChI=1S/C12H14O3/c1-14-10-3-2-9(12(13)5-6-12)8-4-7-15-11(8)10/h2-3,13H,4-7H2,1H3. The highest BCUT2D eigenvalue weighted by Crippen LogP contribution is 2.50. The van der Waals surface area contributed by atoms with Gasteiger partial charge in [0.05, 0.1) is 19.3 Å². The summed E-state index contributed by atoms with van der Waals surface area (Å²) >= 11 is 0. The summed E-state index contributed by atoms with van der Waals surface area (Å²) < 4.78 is 10.8. The maximum absolute atomic E-state index is 10.1. The van der Waals surface area contributed by atoms with Crippen molar-refractivity contribution >= 4 is 0 Å². The molecule has 3 heteroatoms. The maximum Gasteiger partial charge on any atom is 0.164 e. The van der Waals surface area contributed by atoms with Gasteiger partial charge >= 0.3 is 0 Å². The molecule has 80 valence electrons. The second kappa shape index (κ2) is 2.89. The van der Waals surface area contributed by atoms with Crippen LogP contribution in [0.3, 0.4) is 0 Å². The summed E-state index contributed by atoms with van der Waals surface area (Å²) in [6.07, 6.45) is 2.61. The molecule has 2 aliphatic rings. The Morgan fingerprint density at radius 3 is 2.87 bits per heavy atom. The lowest BCUT2D eigenvalue weighted by Gasteiger charge is -2.14. The average Bonchev–Trinajstić information content (AvgIpc) is 2.82. The summed E-state index contributed by atoms with van der Waals surface area (Å²) in [5.41, 5.74) is 1.59. The van der Waals surface area contributed by atoms with Crippen LogP contribution in [0, 0.1) is 0 Å². The molecule has 0 saturated heterocycles. The van der Waals surface area contributed by atoms with E-state index in [0.29, 0.717) is 6.61 Å². The molecular weight excluding hydrogens is 192 g/mol. The molecule has 0 bridgehead atoms. The van der Waals surface area contributed by atoms with Crippen LogP contribution in [0.15, 0.2) is 12.1 Å². The van der Waals surface area contributed by atoms with Gasteiger partial charge < -0.3 is 14.6 Å². The first-order valence-electron chi connectivity index (χ1n) is 5.30. The topological polar surface area (TPSA) is 38.7 Å². The van der Waals surface area contributed by atoms with Crippen LogP contribution in [0.4, 0.5) is 0 Å². The van der Waals surface area contributed by atoms with E-state index in [-0.39, 0.29) is 0 Å². The number of fused-ring (bicyclic) bond motifs is 1. The van der Waals surface area contributed by atoms with Crippen LogP contribution in [0.5, 0.6) is 11.5 Å².